The second kappa shape index (κ2) is 3.82. The second-order valence-corrected chi connectivity index (χ2v) is 3.46. The van der Waals surface area contributed by atoms with Crippen molar-refractivity contribution in [3.05, 3.63) is 29.4 Å². The number of ether oxygens (including phenoxy) is 1. The van der Waals surface area contributed by atoms with Crippen LogP contribution in [0.4, 0.5) is 0 Å². The van der Waals surface area contributed by atoms with Crippen molar-refractivity contribution in [3.63, 3.8) is 0 Å². The number of hydrogen-bond acceptors (Lipinski definition) is 2. The van der Waals surface area contributed by atoms with E-state index in [1.807, 2.05) is 0 Å². The Bertz CT molecular complexity index is 506. The van der Waals surface area contributed by atoms with E-state index in [4.69, 9.17) is 21.4 Å². The Balaban J connectivity index is 2.32. The van der Waals surface area contributed by atoms with E-state index < -0.39 is 5.97 Å². The Kier molecular flexibility index (Phi) is 2.51. The van der Waals surface area contributed by atoms with E-state index in [9.17, 15) is 4.79 Å². The molecule has 0 aliphatic carbocycles. The molecule has 0 radical (unpaired) electrons. The molecule has 5 heteroatoms. The molecule has 0 aliphatic rings. The van der Waals surface area contributed by atoms with Crippen molar-refractivity contribution in [3.8, 4) is 5.75 Å². The van der Waals surface area contributed by atoms with Crippen LogP contribution in [0.1, 0.15) is 0 Å². The van der Waals surface area contributed by atoms with Crippen molar-refractivity contribution in [1.82, 2.24) is 4.98 Å². The highest BCUT2D eigenvalue weighted by atomic mass is 35.5. The number of aliphatic carboxylic acids is 1. The molecular weight excluding hydrogens is 218 g/mol. The Morgan fingerprint density at radius 1 is 1.53 bits per heavy atom. The average Bonchev–Trinajstić information content (AvgIpc) is 2.57. The van der Waals surface area contributed by atoms with Gasteiger partial charge >= 0.3 is 5.97 Å². The van der Waals surface area contributed by atoms with Gasteiger partial charge in [0.25, 0.3) is 0 Å². The topological polar surface area (TPSA) is 62.3 Å². The van der Waals surface area contributed by atoms with Gasteiger partial charge in [-0.15, -0.1) is 0 Å². The number of hydrogen-bond donors (Lipinski definition) is 2. The molecule has 1 aromatic heterocycles. The third kappa shape index (κ3) is 2.05. The molecule has 4 nitrogen and oxygen atoms in total. The minimum Gasteiger partial charge on any atom is -0.480 e. The molecule has 0 unspecified atom stereocenters. The van der Waals surface area contributed by atoms with Crippen LogP contribution in [0, 0.1) is 0 Å². The fourth-order valence-corrected chi connectivity index (χ4v) is 1.50. The van der Waals surface area contributed by atoms with Gasteiger partial charge in [-0.1, -0.05) is 11.6 Å². The Labute approximate surface area is 90.4 Å². The maximum Gasteiger partial charge on any atom is 0.341 e. The predicted octanol–water partition coefficient (Wildman–Crippen LogP) is 2.28. The number of aromatic nitrogens is 1. The van der Waals surface area contributed by atoms with Crippen LogP contribution in [0.2, 0.25) is 5.02 Å². The van der Waals surface area contributed by atoms with Gasteiger partial charge in [-0.3, -0.25) is 0 Å². The summed E-state index contributed by atoms with van der Waals surface area (Å²) in [7, 11) is 0. The summed E-state index contributed by atoms with van der Waals surface area (Å²) in [6.45, 7) is -0.352. The van der Waals surface area contributed by atoms with Gasteiger partial charge in [-0.2, -0.15) is 0 Å². The zero-order chi connectivity index (χ0) is 10.8. The van der Waals surface area contributed by atoms with Crippen molar-refractivity contribution in [2.45, 2.75) is 0 Å². The molecule has 1 aromatic carbocycles. The van der Waals surface area contributed by atoms with E-state index in [-0.39, 0.29) is 6.61 Å². The summed E-state index contributed by atoms with van der Waals surface area (Å²) < 4.78 is 5.09. The standard InChI is InChI=1S/C10H8ClNO3/c11-6-1-2-7-8(3-6)12-4-9(7)15-5-10(13)14/h1-4,12H,5H2,(H,13,14). The average molecular weight is 226 g/mol. The number of H-pyrrole nitrogens is 1. The normalized spacial score (nSPS) is 10.5. The van der Waals surface area contributed by atoms with Gasteiger partial charge in [-0.05, 0) is 18.2 Å². The number of aromatic amines is 1. The number of benzene rings is 1. The SMILES string of the molecule is O=C(O)COc1c[nH]c2cc(Cl)ccc12. The third-order valence-electron chi connectivity index (χ3n) is 1.96. The number of nitrogens with one attached hydrogen (secondary N) is 1. The molecule has 2 aromatic rings. The highest BCUT2D eigenvalue weighted by Gasteiger charge is 2.06. The van der Waals surface area contributed by atoms with Gasteiger partial charge in [0, 0.05) is 16.6 Å². The molecule has 0 aliphatic heterocycles. The second-order valence-electron chi connectivity index (χ2n) is 3.03. The first-order valence-corrected chi connectivity index (χ1v) is 4.66. The van der Waals surface area contributed by atoms with Crippen molar-refractivity contribution in [1.29, 1.82) is 0 Å². The molecule has 0 spiro atoms. The smallest absolute Gasteiger partial charge is 0.341 e. The summed E-state index contributed by atoms with van der Waals surface area (Å²) in [5, 5.41) is 9.91. The van der Waals surface area contributed by atoms with Crippen LogP contribution in [0.25, 0.3) is 10.9 Å². The third-order valence-corrected chi connectivity index (χ3v) is 2.19. The molecule has 78 valence electrons. The number of halogens is 1. The van der Waals surface area contributed by atoms with Crippen molar-refractivity contribution < 1.29 is 14.6 Å². The summed E-state index contributed by atoms with van der Waals surface area (Å²) in [6.07, 6.45) is 1.62. The fourth-order valence-electron chi connectivity index (χ4n) is 1.33. The van der Waals surface area contributed by atoms with Gasteiger partial charge in [-0.25, -0.2) is 4.79 Å². The van der Waals surface area contributed by atoms with E-state index >= 15 is 0 Å². The number of carboxylic acids is 1. The zero-order valence-corrected chi connectivity index (χ0v) is 8.41. The molecular formula is C10H8ClNO3. The minimum atomic E-state index is -1.00. The van der Waals surface area contributed by atoms with E-state index in [0.717, 1.165) is 10.9 Å². The lowest BCUT2D eigenvalue weighted by Crippen LogP contribution is -2.08. The lowest BCUT2D eigenvalue weighted by Gasteiger charge is -2.00. The van der Waals surface area contributed by atoms with Crippen molar-refractivity contribution in [2.24, 2.45) is 0 Å². The van der Waals surface area contributed by atoms with E-state index in [1.165, 1.54) is 0 Å². The number of carbonyl (C=O) groups is 1. The van der Waals surface area contributed by atoms with E-state index in [2.05, 4.69) is 4.98 Å². The molecule has 0 fully saturated rings. The number of carboxylic acid groups (broad SMARTS) is 1. The van der Waals surface area contributed by atoms with E-state index in [0.29, 0.717) is 10.8 Å². The first-order chi connectivity index (χ1) is 7.16. The minimum absolute atomic E-state index is 0.352. The summed E-state index contributed by atoms with van der Waals surface area (Å²) in [5.74, 6) is -0.484. The summed E-state index contributed by atoms with van der Waals surface area (Å²) in [6, 6.07) is 5.27. The molecule has 0 amide bonds. The van der Waals surface area contributed by atoms with Crippen LogP contribution in [0.15, 0.2) is 24.4 Å². The monoisotopic (exact) mass is 225 g/mol. The van der Waals surface area contributed by atoms with Crippen LogP contribution >= 0.6 is 11.6 Å². The van der Waals surface area contributed by atoms with Gasteiger partial charge in [0.15, 0.2) is 6.61 Å². The van der Waals surface area contributed by atoms with Crippen molar-refractivity contribution in [2.75, 3.05) is 6.61 Å². The van der Waals surface area contributed by atoms with Gasteiger partial charge < -0.3 is 14.8 Å². The van der Waals surface area contributed by atoms with Crippen LogP contribution < -0.4 is 4.74 Å². The Morgan fingerprint density at radius 2 is 2.33 bits per heavy atom. The molecule has 0 atom stereocenters. The predicted molar refractivity (Wildman–Crippen MR) is 56.4 cm³/mol. The van der Waals surface area contributed by atoms with Crippen LogP contribution in [0.5, 0.6) is 5.75 Å². The molecule has 0 saturated carbocycles. The lowest BCUT2D eigenvalue weighted by atomic mass is 10.2. The summed E-state index contributed by atoms with van der Waals surface area (Å²) in [5.41, 5.74) is 0.822. The molecule has 2 N–H and O–H groups in total. The molecule has 0 bridgehead atoms. The van der Waals surface area contributed by atoms with Crippen LogP contribution in [-0.2, 0) is 4.79 Å². The number of fused-ring (bicyclic) bond motifs is 1. The van der Waals surface area contributed by atoms with Crippen molar-refractivity contribution >= 4 is 28.5 Å². The largest absolute Gasteiger partial charge is 0.480 e. The highest BCUT2D eigenvalue weighted by Crippen LogP contribution is 2.27. The van der Waals surface area contributed by atoms with Gasteiger partial charge in [0.2, 0.25) is 0 Å². The Morgan fingerprint density at radius 3 is 3.07 bits per heavy atom. The first-order valence-electron chi connectivity index (χ1n) is 4.28. The highest BCUT2D eigenvalue weighted by molar-refractivity contribution is 6.31. The summed E-state index contributed by atoms with van der Waals surface area (Å²) in [4.78, 5) is 13.3. The number of rotatable bonds is 3. The Hall–Kier alpha value is -1.68. The molecule has 2 rings (SSSR count). The van der Waals surface area contributed by atoms with Gasteiger partial charge in [0.05, 0.1) is 5.52 Å². The maximum atomic E-state index is 10.3. The fraction of sp³-hybridized carbons (Fsp3) is 0.100. The van der Waals surface area contributed by atoms with Crippen LogP contribution in [0.3, 0.4) is 0 Å². The quantitative estimate of drug-likeness (QED) is 0.843. The molecule has 15 heavy (non-hydrogen) atoms. The zero-order valence-electron chi connectivity index (χ0n) is 7.66. The summed E-state index contributed by atoms with van der Waals surface area (Å²) >= 11 is 5.80. The maximum absolute atomic E-state index is 10.3. The lowest BCUT2D eigenvalue weighted by molar-refractivity contribution is -0.139. The first kappa shape index (κ1) is 9.86. The van der Waals surface area contributed by atoms with E-state index in [1.54, 1.807) is 24.4 Å². The van der Waals surface area contributed by atoms with Gasteiger partial charge in [0.1, 0.15) is 5.75 Å². The van der Waals surface area contributed by atoms with Crippen LogP contribution in [-0.4, -0.2) is 22.7 Å². The molecule has 1 heterocycles. The molecule has 0 saturated heterocycles.